The summed E-state index contributed by atoms with van der Waals surface area (Å²) >= 11 is 0. The van der Waals surface area contributed by atoms with E-state index in [4.69, 9.17) is 4.74 Å². The van der Waals surface area contributed by atoms with Crippen molar-refractivity contribution in [3.63, 3.8) is 0 Å². The average molecular weight is 386 g/mol. The van der Waals surface area contributed by atoms with E-state index in [9.17, 15) is 22.8 Å². The predicted molar refractivity (Wildman–Crippen MR) is 89.4 cm³/mol. The fraction of sp³-hybridized carbons (Fsp3) is 0.556. The highest BCUT2D eigenvalue weighted by atomic mass is 19.4. The van der Waals surface area contributed by atoms with Gasteiger partial charge in [-0.3, -0.25) is 9.59 Å². The molecule has 0 aromatic heterocycles. The van der Waals surface area contributed by atoms with Crippen LogP contribution in [0, 0.1) is 0 Å². The normalized spacial score (nSPS) is 24.6. The molecule has 1 aromatic carbocycles. The van der Waals surface area contributed by atoms with Crippen LogP contribution in [-0.2, 0) is 9.53 Å². The Morgan fingerprint density at radius 2 is 1.93 bits per heavy atom. The Bertz CT molecular complexity index is 706. The number of fused-ring (bicyclic) bond motifs is 1. The number of likely N-dealkylation sites (N-methyl/N-ethyl adjacent to an activating group) is 1. The second kappa shape index (κ2) is 7.38. The van der Waals surface area contributed by atoms with Crippen LogP contribution in [0.25, 0.3) is 0 Å². The van der Waals surface area contributed by atoms with E-state index in [1.165, 1.54) is 29.2 Å². The van der Waals surface area contributed by atoms with E-state index >= 15 is 0 Å². The third-order valence-corrected chi connectivity index (χ3v) is 4.79. The molecule has 2 saturated heterocycles. The zero-order valence-electron chi connectivity index (χ0n) is 15.0. The Balaban J connectivity index is 1.77. The summed E-state index contributed by atoms with van der Waals surface area (Å²) in [4.78, 5) is 28.5. The lowest BCUT2D eigenvalue weighted by molar-refractivity contribution is -0.153. The number of hydrogen-bond donors (Lipinski definition) is 0. The lowest BCUT2D eigenvalue weighted by Gasteiger charge is -2.30. The molecule has 0 bridgehead atoms. The molecule has 3 rings (SSSR count). The number of ether oxygens (including phenoxy) is 2. The van der Waals surface area contributed by atoms with Gasteiger partial charge in [-0.25, -0.2) is 0 Å². The Kier molecular flexibility index (Phi) is 5.32. The van der Waals surface area contributed by atoms with Crippen molar-refractivity contribution in [3.05, 3.63) is 29.8 Å². The molecule has 0 spiro atoms. The first-order valence-corrected chi connectivity index (χ1v) is 8.62. The predicted octanol–water partition coefficient (Wildman–Crippen LogP) is 2.09. The highest BCUT2D eigenvalue weighted by Gasteiger charge is 2.50. The first-order valence-electron chi connectivity index (χ1n) is 8.62. The maximum Gasteiger partial charge on any atom is 0.422 e. The van der Waals surface area contributed by atoms with Crippen LogP contribution in [0.5, 0.6) is 5.75 Å². The molecule has 2 fully saturated rings. The van der Waals surface area contributed by atoms with Gasteiger partial charge in [-0.05, 0) is 30.7 Å². The number of nitrogens with zero attached hydrogens (tertiary/aromatic N) is 2. The molecule has 2 aliphatic heterocycles. The van der Waals surface area contributed by atoms with Crippen molar-refractivity contribution < 1.29 is 32.2 Å². The standard InChI is InChI=1S/C18H21F3N2O4/c1-22(2)17(25)14-9-15-13(7-8-26-15)23(14)16(24)11-3-5-12(6-4-11)27-10-18(19,20)21/h3-6,13-15H,7-10H2,1-2H3/t13-,14?,15-/m0/s1. The van der Waals surface area contributed by atoms with Crippen molar-refractivity contribution in [1.29, 1.82) is 0 Å². The van der Waals surface area contributed by atoms with E-state index in [2.05, 4.69) is 4.74 Å². The van der Waals surface area contributed by atoms with Crippen LogP contribution >= 0.6 is 0 Å². The fourth-order valence-electron chi connectivity index (χ4n) is 3.56. The third-order valence-electron chi connectivity index (χ3n) is 4.79. The fourth-order valence-corrected chi connectivity index (χ4v) is 3.56. The highest BCUT2D eigenvalue weighted by molar-refractivity contribution is 5.98. The Labute approximate surface area is 154 Å². The van der Waals surface area contributed by atoms with Gasteiger partial charge in [0.2, 0.25) is 5.91 Å². The van der Waals surface area contributed by atoms with E-state index in [1.54, 1.807) is 19.0 Å². The lowest BCUT2D eigenvalue weighted by Crippen LogP contribution is -2.48. The summed E-state index contributed by atoms with van der Waals surface area (Å²) < 4.78 is 47.0. The van der Waals surface area contributed by atoms with Gasteiger partial charge in [0.05, 0.1) is 12.1 Å². The number of halogens is 3. The van der Waals surface area contributed by atoms with Crippen LogP contribution in [0.2, 0.25) is 0 Å². The second-order valence-electron chi connectivity index (χ2n) is 6.89. The van der Waals surface area contributed by atoms with E-state index in [-0.39, 0.29) is 29.7 Å². The molecule has 3 atom stereocenters. The SMILES string of the molecule is CN(C)C(=O)C1C[C@@H]2OCC[C@@H]2N1C(=O)c1ccc(OCC(F)(F)F)cc1. The van der Waals surface area contributed by atoms with Gasteiger partial charge in [-0.15, -0.1) is 0 Å². The quantitative estimate of drug-likeness (QED) is 0.795. The maximum atomic E-state index is 13.0. The minimum absolute atomic E-state index is 0.0216. The number of carbonyl (C=O) groups excluding carboxylic acids is 2. The van der Waals surface area contributed by atoms with Crippen LogP contribution in [0.1, 0.15) is 23.2 Å². The molecule has 9 heteroatoms. The zero-order valence-corrected chi connectivity index (χ0v) is 15.0. The molecule has 2 amide bonds. The average Bonchev–Trinajstić information content (AvgIpc) is 3.19. The van der Waals surface area contributed by atoms with Crippen LogP contribution in [-0.4, -0.2) is 73.3 Å². The van der Waals surface area contributed by atoms with Crippen LogP contribution in [0.15, 0.2) is 24.3 Å². The van der Waals surface area contributed by atoms with Crippen molar-refractivity contribution in [2.75, 3.05) is 27.3 Å². The first-order chi connectivity index (χ1) is 12.7. The van der Waals surface area contributed by atoms with Crippen molar-refractivity contribution in [2.45, 2.75) is 37.2 Å². The molecule has 2 aliphatic rings. The largest absolute Gasteiger partial charge is 0.484 e. The summed E-state index contributed by atoms with van der Waals surface area (Å²) in [7, 11) is 3.26. The summed E-state index contributed by atoms with van der Waals surface area (Å²) in [6, 6.07) is 4.68. The molecule has 148 valence electrons. The lowest BCUT2D eigenvalue weighted by atomic mass is 10.1. The van der Waals surface area contributed by atoms with E-state index in [0.717, 1.165) is 0 Å². The van der Waals surface area contributed by atoms with Gasteiger partial charge >= 0.3 is 6.18 Å². The highest BCUT2D eigenvalue weighted by Crippen LogP contribution is 2.35. The summed E-state index contributed by atoms with van der Waals surface area (Å²) in [6.07, 6.45) is -3.50. The maximum absolute atomic E-state index is 13.0. The van der Waals surface area contributed by atoms with E-state index < -0.39 is 18.8 Å². The van der Waals surface area contributed by atoms with Crippen molar-refractivity contribution in [1.82, 2.24) is 9.80 Å². The third kappa shape index (κ3) is 4.18. The number of benzene rings is 1. The molecule has 0 saturated carbocycles. The first kappa shape index (κ1) is 19.5. The summed E-state index contributed by atoms with van der Waals surface area (Å²) in [5.74, 6) is -0.490. The number of alkyl halides is 3. The number of likely N-dealkylation sites (tertiary alicyclic amines) is 1. The number of amides is 2. The molecule has 1 aromatic rings. The van der Waals surface area contributed by atoms with Gasteiger partial charge in [0.1, 0.15) is 11.8 Å². The van der Waals surface area contributed by atoms with Gasteiger partial charge in [0.25, 0.3) is 5.91 Å². The number of carbonyl (C=O) groups is 2. The van der Waals surface area contributed by atoms with E-state index in [1.807, 2.05) is 0 Å². The van der Waals surface area contributed by atoms with Crippen molar-refractivity contribution >= 4 is 11.8 Å². The van der Waals surface area contributed by atoms with Crippen LogP contribution < -0.4 is 4.74 Å². The smallest absolute Gasteiger partial charge is 0.422 e. The van der Waals surface area contributed by atoms with Crippen molar-refractivity contribution in [2.24, 2.45) is 0 Å². The summed E-state index contributed by atoms with van der Waals surface area (Å²) in [5.41, 5.74) is 0.290. The molecule has 1 unspecified atom stereocenters. The summed E-state index contributed by atoms with van der Waals surface area (Å²) in [6.45, 7) is -0.862. The molecule has 0 radical (unpaired) electrons. The van der Waals surface area contributed by atoms with Gasteiger partial charge in [-0.2, -0.15) is 13.2 Å². The van der Waals surface area contributed by atoms with Gasteiger partial charge in [-0.1, -0.05) is 0 Å². The van der Waals surface area contributed by atoms with Gasteiger partial charge in [0.15, 0.2) is 6.61 Å². The topological polar surface area (TPSA) is 59.1 Å². The van der Waals surface area contributed by atoms with Crippen molar-refractivity contribution in [3.8, 4) is 5.75 Å². The molecular formula is C18H21F3N2O4. The molecule has 0 aliphatic carbocycles. The molecular weight excluding hydrogens is 365 g/mol. The number of rotatable bonds is 4. The Morgan fingerprint density at radius 1 is 1.26 bits per heavy atom. The number of hydrogen-bond acceptors (Lipinski definition) is 4. The van der Waals surface area contributed by atoms with E-state index in [0.29, 0.717) is 25.0 Å². The monoisotopic (exact) mass is 386 g/mol. The Hall–Kier alpha value is -2.29. The second-order valence-corrected chi connectivity index (χ2v) is 6.89. The van der Waals surface area contributed by atoms with Gasteiger partial charge < -0.3 is 19.3 Å². The minimum atomic E-state index is -4.43. The molecule has 2 heterocycles. The summed E-state index contributed by atoms with van der Waals surface area (Å²) in [5, 5.41) is 0. The molecule has 27 heavy (non-hydrogen) atoms. The van der Waals surface area contributed by atoms with Gasteiger partial charge in [0, 0.05) is 32.7 Å². The molecule has 0 N–H and O–H groups in total. The Morgan fingerprint density at radius 3 is 2.52 bits per heavy atom. The molecule has 6 nitrogen and oxygen atoms in total. The zero-order chi connectivity index (χ0) is 19.8. The van der Waals surface area contributed by atoms with Crippen LogP contribution in [0.4, 0.5) is 13.2 Å². The van der Waals surface area contributed by atoms with Crippen LogP contribution in [0.3, 0.4) is 0 Å². The minimum Gasteiger partial charge on any atom is -0.484 e.